The molecule has 0 aromatic rings. The molecular weight excluding hydrogens is 208 g/mol. The third-order valence-electron chi connectivity index (χ3n) is 4.52. The number of rotatable bonds is 4. The van der Waals surface area contributed by atoms with Gasteiger partial charge in [-0.3, -0.25) is 0 Å². The van der Waals surface area contributed by atoms with Gasteiger partial charge in [-0.15, -0.1) is 0 Å². The van der Waals surface area contributed by atoms with Crippen LogP contribution in [0.4, 0.5) is 0 Å². The van der Waals surface area contributed by atoms with Gasteiger partial charge in [0, 0.05) is 18.6 Å². The van der Waals surface area contributed by atoms with Gasteiger partial charge in [-0.05, 0) is 50.6 Å². The summed E-state index contributed by atoms with van der Waals surface area (Å²) in [6.07, 6.45) is 6.99. The van der Waals surface area contributed by atoms with Gasteiger partial charge < -0.3 is 10.2 Å². The average molecular weight is 238 g/mol. The van der Waals surface area contributed by atoms with Crippen LogP contribution in [-0.2, 0) is 0 Å². The van der Waals surface area contributed by atoms with E-state index in [0.717, 1.165) is 23.9 Å². The molecule has 2 heteroatoms. The van der Waals surface area contributed by atoms with Crippen molar-refractivity contribution >= 4 is 0 Å². The molecule has 0 aromatic carbocycles. The largest absolute Gasteiger partial charge is 0.311 e. The highest BCUT2D eigenvalue weighted by Gasteiger charge is 2.27. The second-order valence-corrected chi connectivity index (χ2v) is 6.65. The molecule has 0 bridgehead atoms. The summed E-state index contributed by atoms with van der Waals surface area (Å²) in [5.41, 5.74) is 0. The first kappa shape index (κ1) is 13.4. The SMILES string of the molecule is CC(C)CN1CCC(NC2CCCC2C)CC1. The van der Waals surface area contributed by atoms with Crippen molar-refractivity contribution in [3.8, 4) is 0 Å². The van der Waals surface area contributed by atoms with Crippen molar-refractivity contribution in [1.29, 1.82) is 0 Å². The first-order chi connectivity index (χ1) is 8.15. The van der Waals surface area contributed by atoms with E-state index >= 15 is 0 Å². The zero-order valence-electron chi connectivity index (χ0n) is 11.9. The second kappa shape index (κ2) is 6.19. The molecule has 2 unspecified atom stereocenters. The monoisotopic (exact) mass is 238 g/mol. The lowest BCUT2D eigenvalue weighted by Gasteiger charge is -2.35. The second-order valence-electron chi connectivity index (χ2n) is 6.65. The standard InChI is InChI=1S/C15H30N2/c1-12(2)11-17-9-7-14(8-10-17)16-15-6-4-5-13(15)3/h12-16H,4-11H2,1-3H3. The zero-order valence-corrected chi connectivity index (χ0v) is 11.9. The Kier molecular flexibility index (Phi) is 4.87. The molecule has 0 amide bonds. The van der Waals surface area contributed by atoms with Crippen molar-refractivity contribution in [3.63, 3.8) is 0 Å². The van der Waals surface area contributed by atoms with Crippen LogP contribution in [0.25, 0.3) is 0 Å². The van der Waals surface area contributed by atoms with Gasteiger partial charge in [0.25, 0.3) is 0 Å². The highest BCUT2D eigenvalue weighted by Crippen LogP contribution is 2.26. The van der Waals surface area contributed by atoms with Crippen LogP contribution in [0.2, 0.25) is 0 Å². The smallest absolute Gasteiger partial charge is 0.00953 e. The molecule has 2 rings (SSSR count). The molecule has 17 heavy (non-hydrogen) atoms. The van der Waals surface area contributed by atoms with Crippen LogP contribution in [0.15, 0.2) is 0 Å². The Morgan fingerprint density at radius 2 is 1.82 bits per heavy atom. The number of nitrogens with zero attached hydrogens (tertiary/aromatic N) is 1. The predicted molar refractivity (Wildman–Crippen MR) is 74.2 cm³/mol. The normalized spacial score (nSPS) is 32.5. The van der Waals surface area contributed by atoms with Gasteiger partial charge >= 0.3 is 0 Å². The third-order valence-corrected chi connectivity index (χ3v) is 4.52. The summed E-state index contributed by atoms with van der Waals surface area (Å²) in [7, 11) is 0. The van der Waals surface area contributed by atoms with Gasteiger partial charge in [0.15, 0.2) is 0 Å². The molecule has 100 valence electrons. The van der Waals surface area contributed by atoms with E-state index in [1.165, 1.54) is 51.7 Å². The Morgan fingerprint density at radius 3 is 2.35 bits per heavy atom. The van der Waals surface area contributed by atoms with E-state index < -0.39 is 0 Å². The van der Waals surface area contributed by atoms with Crippen LogP contribution in [0, 0.1) is 11.8 Å². The summed E-state index contributed by atoms with van der Waals surface area (Å²) in [5.74, 6) is 1.72. The minimum Gasteiger partial charge on any atom is -0.311 e. The maximum atomic E-state index is 3.91. The van der Waals surface area contributed by atoms with E-state index in [1.54, 1.807) is 0 Å². The van der Waals surface area contributed by atoms with Crippen LogP contribution in [-0.4, -0.2) is 36.6 Å². The van der Waals surface area contributed by atoms with Crippen LogP contribution in [0.3, 0.4) is 0 Å². The predicted octanol–water partition coefficient (Wildman–Crippen LogP) is 2.89. The molecule has 1 saturated heterocycles. The highest BCUT2D eigenvalue weighted by atomic mass is 15.1. The fourth-order valence-electron chi connectivity index (χ4n) is 3.49. The number of nitrogens with one attached hydrogen (secondary N) is 1. The lowest BCUT2D eigenvalue weighted by molar-refractivity contribution is 0.171. The lowest BCUT2D eigenvalue weighted by Crippen LogP contribution is -2.47. The number of likely N-dealkylation sites (tertiary alicyclic amines) is 1. The van der Waals surface area contributed by atoms with E-state index in [1.807, 2.05) is 0 Å². The Hall–Kier alpha value is -0.0800. The van der Waals surface area contributed by atoms with Gasteiger partial charge in [0.1, 0.15) is 0 Å². The van der Waals surface area contributed by atoms with Crippen molar-refractivity contribution in [2.45, 2.75) is 65.0 Å². The van der Waals surface area contributed by atoms with Gasteiger partial charge in [0.2, 0.25) is 0 Å². The molecule has 1 N–H and O–H groups in total. The molecule has 1 saturated carbocycles. The topological polar surface area (TPSA) is 15.3 Å². The molecule has 2 nitrogen and oxygen atoms in total. The summed E-state index contributed by atoms with van der Waals surface area (Å²) in [6, 6.07) is 1.61. The minimum atomic E-state index is 0.795. The summed E-state index contributed by atoms with van der Waals surface area (Å²) in [6.45, 7) is 11.0. The molecule has 1 heterocycles. The summed E-state index contributed by atoms with van der Waals surface area (Å²) >= 11 is 0. The summed E-state index contributed by atoms with van der Waals surface area (Å²) in [5, 5.41) is 3.91. The first-order valence-electron chi connectivity index (χ1n) is 7.63. The molecule has 1 aliphatic carbocycles. The number of hydrogen-bond acceptors (Lipinski definition) is 2. The fraction of sp³-hybridized carbons (Fsp3) is 1.00. The number of hydrogen-bond donors (Lipinski definition) is 1. The van der Waals surface area contributed by atoms with Gasteiger partial charge in [-0.1, -0.05) is 27.2 Å². The molecule has 1 aliphatic heterocycles. The van der Waals surface area contributed by atoms with Gasteiger partial charge in [-0.25, -0.2) is 0 Å². The van der Waals surface area contributed by atoms with Crippen molar-refractivity contribution in [2.24, 2.45) is 11.8 Å². The maximum Gasteiger partial charge on any atom is 0.00953 e. The molecular formula is C15H30N2. The maximum absolute atomic E-state index is 3.91. The van der Waals surface area contributed by atoms with Crippen molar-refractivity contribution in [3.05, 3.63) is 0 Å². The third kappa shape index (κ3) is 3.96. The molecule has 0 spiro atoms. The van der Waals surface area contributed by atoms with Crippen LogP contribution >= 0.6 is 0 Å². The van der Waals surface area contributed by atoms with E-state index in [0.29, 0.717) is 0 Å². The Bertz CT molecular complexity index is 219. The molecule has 2 atom stereocenters. The molecule has 2 fully saturated rings. The van der Waals surface area contributed by atoms with Crippen LogP contribution in [0.5, 0.6) is 0 Å². The Balaban J connectivity index is 1.68. The first-order valence-corrected chi connectivity index (χ1v) is 7.63. The van der Waals surface area contributed by atoms with Crippen LogP contribution < -0.4 is 5.32 Å². The van der Waals surface area contributed by atoms with E-state index in [9.17, 15) is 0 Å². The van der Waals surface area contributed by atoms with E-state index in [-0.39, 0.29) is 0 Å². The Morgan fingerprint density at radius 1 is 1.12 bits per heavy atom. The highest BCUT2D eigenvalue weighted by molar-refractivity contribution is 4.86. The average Bonchev–Trinajstić information content (AvgIpc) is 2.67. The van der Waals surface area contributed by atoms with Gasteiger partial charge in [0.05, 0.1) is 0 Å². The van der Waals surface area contributed by atoms with E-state index in [4.69, 9.17) is 0 Å². The minimum absolute atomic E-state index is 0.795. The Labute approximate surface area is 107 Å². The van der Waals surface area contributed by atoms with Crippen LogP contribution in [0.1, 0.15) is 52.9 Å². The van der Waals surface area contributed by atoms with Crippen molar-refractivity contribution in [2.75, 3.05) is 19.6 Å². The number of piperidine rings is 1. The van der Waals surface area contributed by atoms with Gasteiger partial charge in [-0.2, -0.15) is 0 Å². The van der Waals surface area contributed by atoms with Crippen molar-refractivity contribution < 1.29 is 0 Å². The van der Waals surface area contributed by atoms with E-state index in [2.05, 4.69) is 31.0 Å². The lowest BCUT2D eigenvalue weighted by atomic mass is 10.00. The molecule has 0 aromatic heterocycles. The fourth-order valence-corrected chi connectivity index (χ4v) is 3.49. The molecule has 2 aliphatic rings. The van der Waals surface area contributed by atoms with Crippen molar-refractivity contribution in [1.82, 2.24) is 10.2 Å². The summed E-state index contributed by atoms with van der Waals surface area (Å²) in [4.78, 5) is 2.64. The quantitative estimate of drug-likeness (QED) is 0.810. The summed E-state index contributed by atoms with van der Waals surface area (Å²) < 4.78 is 0. The zero-order chi connectivity index (χ0) is 12.3. The molecule has 0 radical (unpaired) electrons.